The molecule has 22 heavy (non-hydrogen) atoms. The second-order valence-electron chi connectivity index (χ2n) is 5.91. The smallest absolute Gasteiger partial charge is 0.270 e. The van der Waals surface area contributed by atoms with E-state index in [-0.39, 0.29) is 5.91 Å². The van der Waals surface area contributed by atoms with E-state index in [1.807, 2.05) is 40.9 Å². The van der Waals surface area contributed by atoms with Crippen LogP contribution in [0.25, 0.3) is 0 Å². The van der Waals surface area contributed by atoms with Crippen LogP contribution in [0.2, 0.25) is 0 Å². The number of rotatable bonds is 3. The zero-order valence-electron chi connectivity index (χ0n) is 13.1. The zero-order valence-corrected chi connectivity index (χ0v) is 13.1. The Labute approximate surface area is 132 Å². The second-order valence-corrected chi connectivity index (χ2v) is 5.91. The standard InChI is InChI=1S/C18H23N3O/c1-19-10-5-9-17(19)18(22)21-12-6-11-20(13-14-21)15-16-7-3-2-4-8-16/h2-5,7-10H,6,11-15H2,1H3. The summed E-state index contributed by atoms with van der Waals surface area (Å²) < 4.78 is 1.90. The van der Waals surface area contributed by atoms with E-state index >= 15 is 0 Å². The summed E-state index contributed by atoms with van der Waals surface area (Å²) in [7, 11) is 1.92. The van der Waals surface area contributed by atoms with Crippen LogP contribution < -0.4 is 0 Å². The summed E-state index contributed by atoms with van der Waals surface area (Å²) in [4.78, 5) is 17.0. The third-order valence-electron chi connectivity index (χ3n) is 4.29. The van der Waals surface area contributed by atoms with Gasteiger partial charge in [0.15, 0.2) is 0 Å². The van der Waals surface area contributed by atoms with Crippen LogP contribution in [-0.2, 0) is 13.6 Å². The van der Waals surface area contributed by atoms with Gasteiger partial charge in [-0.3, -0.25) is 9.69 Å². The molecule has 4 heteroatoms. The van der Waals surface area contributed by atoms with E-state index in [0.29, 0.717) is 0 Å². The molecule has 4 nitrogen and oxygen atoms in total. The van der Waals surface area contributed by atoms with E-state index < -0.39 is 0 Å². The van der Waals surface area contributed by atoms with Crippen molar-refractivity contribution in [1.82, 2.24) is 14.4 Å². The van der Waals surface area contributed by atoms with Gasteiger partial charge in [-0.2, -0.15) is 0 Å². The van der Waals surface area contributed by atoms with Gasteiger partial charge in [0.25, 0.3) is 5.91 Å². The van der Waals surface area contributed by atoms with Gasteiger partial charge in [0, 0.05) is 46.0 Å². The molecule has 2 heterocycles. The average molecular weight is 297 g/mol. The van der Waals surface area contributed by atoms with Crippen LogP contribution in [0, 0.1) is 0 Å². The molecule has 3 rings (SSSR count). The Kier molecular flexibility index (Phi) is 4.59. The molecule has 0 unspecified atom stereocenters. The van der Waals surface area contributed by atoms with Gasteiger partial charge in [-0.05, 0) is 24.1 Å². The van der Waals surface area contributed by atoms with Crippen molar-refractivity contribution in [2.24, 2.45) is 7.05 Å². The third-order valence-corrected chi connectivity index (χ3v) is 4.29. The molecule has 0 aliphatic carbocycles. The van der Waals surface area contributed by atoms with Gasteiger partial charge in [0.05, 0.1) is 0 Å². The Morgan fingerprint density at radius 3 is 2.55 bits per heavy atom. The van der Waals surface area contributed by atoms with Gasteiger partial charge in [-0.15, -0.1) is 0 Å². The monoisotopic (exact) mass is 297 g/mol. The maximum absolute atomic E-state index is 12.6. The van der Waals surface area contributed by atoms with Gasteiger partial charge >= 0.3 is 0 Å². The molecule has 1 aromatic carbocycles. The minimum Gasteiger partial charge on any atom is -0.347 e. The summed E-state index contributed by atoms with van der Waals surface area (Å²) in [6.45, 7) is 4.59. The van der Waals surface area contributed by atoms with Crippen molar-refractivity contribution in [2.75, 3.05) is 26.2 Å². The van der Waals surface area contributed by atoms with Gasteiger partial charge in [-0.25, -0.2) is 0 Å². The average Bonchev–Trinajstić information content (AvgIpc) is 2.82. The SMILES string of the molecule is Cn1cccc1C(=O)N1CCCN(Cc2ccccc2)CC1. The molecule has 0 saturated carbocycles. The van der Waals surface area contributed by atoms with Crippen molar-refractivity contribution in [3.05, 3.63) is 59.9 Å². The summed E-state index contributed by atoms with van der Waals surface area (Å²) >= 11 is 0. The molecule has 2 aromatic rings. The lowest BCUT2D eigenvalue weighted by atomic mass is 10.2. The highest BCUT2D eigenvalue weighted by molar-refractivity contribution is 5.92. The van der Waals surface area contributed by atoms with Crippen molar-refractivity contribution in [3.8, 4) is 0 Å². The van der Waals surface area contributed by atoms with E-state index in [9.17, 15) is 4.79 Å². The maximum Gasteiger partial charge on any atom is 0.270 e. The van der Waals surface area contributed by atoms with Crippen molar-refractivity contribution < 1.29 is 4.79 Å². The molecule has 1 saturated heterocycles. The Balaban J connectivity index is 1.60. The summed E-state index contributed by atoms with van der Waals surface area (Å²) in [6, 6.07) is 14.4. The predicted octanol–water partition coefficient (Wildman–Crippen LogP) is 2.37. The minimum absolute atomic E-state index is 0.147. The van der Waals surface area contributed by atoms with E-state index in [2.05, 4.69) is 29.2 Å². The highest BCUT2D eigenvalue weighted by Crippen LogP contribution is 2.12. The summed E-state index contributed by atoms with van der Waals surface area (Å²) in [5.74, 6) is 0.147. The Hall–Kier alpha value is -2.07. The van der Waals surface area contributed by atoms with Crippen molar-refractivity contribution in [1.29, 1.82) is 0 Å². The van der Waals surface area contributed by atoms with Crippen LogP contribution >= 0.6 is 0 Å². The first-order valence-corrected chi connectivity index (χ1v) is 7.91. The number of benzene rings is 1. The summed E-state index contributed by atoms with van der Waals surface area (Å²) in [5.41, 5.74) is 2.11. The Morgan fingerprint density at radius 2 is 1.82 bits per heavy atom. The maximum atomic E-state index is 12.6. The Bertz CT molecular complexity index is 620. The van der Waals surface area contributed by atoms with Crippen LogP contribution in [0.1, 0.15) is 22.5 Å². The zero-order chi connectivity index (χ0) is 15.4. The molecular formula is C18H23N3O. The fraction of sp³-hybridized carbons (Fsp3) is 0.389. The Morgan fingerprint density at radius 1 is 1.00 bits per heavy atom. The first kappa shape index (κ1) is 14.9. The second kappa shape index (κ2) is 6.79. The van der Waals surface area contributed by atoms with Crippen LogP contribution in [0.3, 0.4) is 0 Å². The van der Waals surface area contributed by atoms with Gasteiger partial charge in [0.2, 0.25) is 0 Å². The number of hydrogen-bond donors (Lipinski definition) is 0. The number of hydrogen-bond acceptors (Lipinski definition) is 2. The lowest BCUT2D eigenvalue weighted by molar-refractivity contribution is 0.0751. The first-order valence-electron chi connectivity index (χ1n) is 7.91. The molecule has 116 valence electrons. The number of aryl methyl sites for hydroxylation is 1. The van der Waals surface area contributed by atoms with Gasteiger partial charge in [-0.1, -0.05) is 30.3 Å². The molecule has 1 fully saturated rings. The van der Waals surface area contributed by atoms with Crippen LogP contribution in [-0.4, -0.2) is 46.5 Å². The van der Waals surface area contributed by atoms with Crippen molar-refractivity contribution in [3.63, 3.8) is 0 Å². The topological polar surface area (TPSA) is 28.5 Å². The lowest BCUT2D eigenvalue weighted by Gasteiger charge is -2.22. The van der Waals surface area contributed by atoms with Crippen molar-refractivity contribution >= 4 is 5.91 Å². The van der Waals surface area contributed by atoms with E-state index in [4.69, 9.17) is 0 Å². The molecule has 0 atom stereocenters. The van der Waals surface area contributed by atoms with E-state index in [0.717, 1.165) is 44.8 Å². The number of carbonyl (C=O) groups is 1. The van der Waals surface area contributed by atoms with Crippen molar-refractivity contribution in [2.45, 2.75) is 13.0 Å². The predicted molar refractivity (Wildman–Crippen MR) is 87.7 cm³/mol. The quantitative estimate of drug-likeness (QED) is 0.870. The fourth-order valence-electron chi connectivity index (χ4n) is 3.02. The number of aromatic nitrogens is 1. The molecule has 0 N–H and O–H groups in total. The third kappa shape index (κ3) is 3.39. The highest BCUT2D eigenvalue weighted by Gasteiger charge is 2.21. The van der Waals surface area contributed by atoms with Gasteiger partial charge in [0.1, 0.15) is 5.69 Å². The largest absolute Gasteiger partial charge is 0.347 e. The van der Waals surface area contributed by atoms with Crippen LogP contribution in [0.15, 0.2) is 48.7 Å². The van der Waals surface area contributed by atoms with Crippen LogP contribution in [0.4, 0.5) is 0 Å². The molecule has 1 aliphatic heterocycles. The van der Waals surface area contributed by atoms with Gasteiger partial charge < -0.3 is 9.47 Å². The normalized spacial score (nSPS) is 16.5. The summed E-state index contributed by atoms with van der Waals surface area (Å²) in [5, 5.41) is 0. The highest BCUT2D eigenvalue weighted by atomic mass is 16.2. The van der Waals surface area contributed by atoms with Crippen LogP contribution in [0.5, 0.6) is 0 Å². The number of nitrogens with zero attached hydrogens (tertiary/aromatic N) is 3. The number of carbonyl (C=O) groups excluding carboxylic acids is 1. The molecule has 0 radical (unpaired) electrons. The molecule has 1 amide bonds. The summed E-state index contributed by atoms with van der Waals surface area (Å²) in [6.07, 6.45) is 2.95. The molecule has 0 spiro atoms. The fourth-order valence-corrected chi connectivity index (χ4v) is 3.02. The number of amides is 1. The molecular weight excluding hydrogens is 274 g/mol. The first-order chi connectivity index (χ1) is 10.7. The molecule has 0 bridgehead atoms. The van der Waals surface area contributed by atoms with E-state index in [1.54, 1.807) is 0 Å². The lowest BCUT2D eigenvalue weighted by Crippen LogP contribution is -2.35. The molecule has 1 aromatic heterocycles. The molecule has 1 aliphatic rings. The van der Waals surface area contributed by atoms with E-state index in [1.165, 1.54) is 5.56 Å². The minimum atomic E-state index is 0.147.